The van der Waals surface area contributed by atoms with Crippen molar-refractivity contribution in [2.45, 2.75) is 13.1 Å². The highest BCUT2D eigenvalue weighted by Gasteiger charge is 2.15. The van der Waals surface area contributed by atoms with Crippen molar-refractivity contribution in [1.29, 1.82) is 0 Å². The molecule has 122 valence electrons. The zero-order chi connectivity index (χ0) is 16.5. The number of ether oxygens (including phenoxy) is 2. The Morgan fingerprint density at radius 1 is 1.04 bits per heavy atom. The first kappa shape index (κ1) is 15.1. The molecule has 2 heterocycles. The van der Waals surface area contributed by atoms with Gasteiger partial charge in [0.05, 0.1) is 5.52 Å². The van der Waals surface area contributed by atoms with Gasteiger partial charge in [-0.25, -0.2) is 0 Å². The Morgan fingerprint density at radius 2 is 1.79 bits per heavy atom. The fourth-order valence-corrected chi connectivity index (χ4v) is 2.84. The molecule has 0 saturated heterocycles. The third-order valence-electron chi connectivity index (χ3n) is 3.97. The predicted octanol–water partition coefficient (Wildman–Crippen LogP) is 3.20. The molecule has 5 nitrogen and oxygen atoms in total. The molecule has 1 aromatic heterocycles. The van der Waals surface area contributed by atoms with Crippen molar-refractivity contribution in [1.82, 2.24) is 10.3 Å². The van der Waals surface area contributed by atoms with Crippen molar-refractivity contribution in [3.63, 3.8) is 0 Å². The Labute approximate surface area is 143 Å². The molecule has 0 radical (unpaired) electrons. The van der Waals surface area contributed by atoms with E-state index in [1.54, 1.807) is 6.07 Å². The van der Waals surface area contributed by atoms with Gasteiger partial charge in [0.15, 0.2) is 11.5 Å². The van der Waals surface area contributed by atoms with Gasteiger partial charge >= 0.3 is 0 Å². The molecule has 3 aromatic rings. The quantitative estimate of drug-likeness (QED) is 0.764. The Bertz CT molecular complexity index is 951. The minimum absolute atomic E-state index is 0.107. The Morgan fingerprint density at radius 3 is 2.58 bits per heavy atom. The monoisotopic (exact) mass is 342 g/mol. The second-order valence-electron chi connectivity index (χ2n) is 5.65. The van der Waals surface area contributed by atoms with E-state index in [-0.39, 0.29) is 12.4 Å². The van der Waals surface area contributed by atoms with E-state index >= 15 is 0 Å². The number of aromatic amines is 1. The van der Waals surface area contributed by atoms with Crippen molar-refractivity contribution in [2.75, 3.05) is 6.79 Å². The summed E-state index contributed by atoms with van der Waals surface area (Å²) in [5.74, 6) is 1.36. The number of hydrogen-bond acceptors (Lipinski definition) is 4. The minimum Gasteiger partial charge on any atom is -0.454 e. The molecule has 0 bridgehead atoms. The maximum Gasteiger partial charge on any atom is 0.252 e. The van der Waals surface area contributed by atoms with Gasteiger partial charge in [-0.3, -0.25) is 4.79 Å². The van der Waals surface area contributed by atoms with E-state index in [2.05, 4.69) is 10.3 Å². The standard InChI is InChI=1S/C18H15ClN2O3/c19-14-3-1-11(2-4-14)8-20-9-13-5-12-6-16-17(24-10-23-16)7-15(12)21-18(13)22/h1-7,20H,8-10H2,(H,21,22). The van der Waals surface area contributed by atoms with Crippen LogP contribution in [0.25, 0.3) is 10.9 Å². The van der Waals surface area contributed by atoms with E-state index in [1.165, 1.54) is 0 Å². The summed E-state index contributed by atoms with van der Waals surface area (Å²) in [4.78, 5) is 15.1. The SMILES string of the molecule is O=c1[nH]c2cc3c(cc2cc1CNCc1ccc(Cl)cc1)OCO3. The number of aromatic nitrogens is 1. The number of fused-ring (bicyclic) bond motifs is 2. The maximum absolute atomic E-state index is 12.2. The molecule has 1 aliphatic rings. The lowest BCUT2D eigenvalue weighted by molar-refractivity contribution is 0.174. The zero-order valence-electron chi connectivity index (χ0n) is 12.8. The molecule has 0 spiro atoms. The van der Waals surface area contributed by atoms with Gasteiger partial charge in [0.2, 0.25) is 6.79 Å². The van der Waals surface area contributed by atoms with Crippen LogP contribution in [0.2, 0.25) is 5.02 Å². The summed E-state index contributed by atoms with van der Waals surface area (Å²) in [7, 11) is 0. The molecule has 1 aliphatic heterocycles. The molecule has 2 N–H and O–H groups in total. The normalized spacial score (nSPS) is 12.7. The number of H-pyrrole nitrogens is 1. The molecule has 24 heavy (non-hydrogen) atoms. The van der Waals surface area contributed by atoms with E-state index in [1.807, 2.05) is 36.4 Å². The van der Waals surface area contributed by atoms with Crippen LogP contribution in [0, 0.1) is 0 Å². The number of hydrogen-bond donors (Lipinski definition) is 2. The highest BCUT2D eigenvalue weighted by Crippen LogP contribution is 2.35. The van der Waals surface area contributed by atoms with Gasteiger partial charge in [0, 0.05) is 35.1 Å². The van der Waals surface area contributed by atoms with E-state index in [9.17, 15) is 4.79 Å². The number of halogens is 1. The summed E-state index contributed by atoms with van der Waals surface area (Å²) < 4.78 is 10.7. The third-order valence-corrected chi connectivity index (χ3v) is 4.22. The molecule has 4 rings (SSSR count). The smallest absolute Gasteiger partial charge is 0.252 e. The second kappa shape index (κ2) is 6.19. The summed E-state index contributed by atoms with van der Waals surface area (Å²) in [6, 6.07) is 13.2. The van der Waals surface area contributed by atoms with Gasteiger partial charge in [0.1, 0.15) is 0 Å². The van der Waals surface area contributed by atoms with Crippen LogP contribution < -0.4 is 20.3 Å². The van der Waals surface area contributed by atoms with E-state index in [0.717, 1.165) is 16.5 Å². The van der Waals surface area contributed by atoms with Crippen LogP contribution in [0.4, 0.5) is 0 Å². The summed E-state index contributed by atoms with van der Waals surface area (Å²) in [5.41, 5.74) is 2.42. The van der Waals surface area contributed by atoms with Crippen molar-refractivity contribution < 1.29 is 9.47 Å². The minimum atomic E-state index is -0.107. The molecular formula is C18H15ClN2O3. The van der Waals surface area contributed by atoms with Crippen LogP contribution in [0.3, 0.4) is 0 Å². The molecule has 0 unspecified atom stereocenters. The van der Waals surface area contributed by atoms with Gasteiger partial charge < -0.3 is 19.8 Å². The number of benzene rings is 2. The summed E-state index contributed by atoms with van der Waals surface area (Å²) >= 11 is 5.87. The van der Waals surface area contributed by atoms with Crippen LogP contribution in [0.15, 0.2) is 47.3 Å². The predicted molar refractivity (Wildman–Crippen MR) is 92.7 cm³/mol. The molecule has 2 aromatic carbocycles. The fourth-order valence-electron chi connectivity index (χ4n) is 2.72. The molecule has 0 amide bonds. The average molecular weight is 343 g/mol. The molecule has 6 heteroatoms. The van der Waals surface area contributed by atoms with E-state index in [4.69, 9.17) is 21.1 Å². The highest BCUT2D eigenvalue weighted by atomic mass is 35.5. The largest absolute Gasteiger partial charge is 0.454 e. The molecule has 0 saturated carbocycles. The van der Waals surface area contributed by atoms with Crippen molar-refractivity contribution in [2.24, 2.45) is 0 Å². The summed E-state index contributed by atoms with van der Waals surface area (Å²) in [6.45, 7) is 1.35. The van der Waals surface area contributed by atoms with Gasteiger partial charge in [-0.15, -0.1) is 0 Å². The average Bonchev–Trinajstić information content (AvgIpc) is 3.02. The first-order valence-corrected chi connectivity index (χ1v) is 7.97. The Hall–Kier alpha value is -2.50. The lowest BCUT2D eigenvalue weighted by atomic mass is 10.1. The lowest BCUT2D eigenvalue weighted by Gasteiger charge is -2.07. The highest BCUT2D eigenvalue weighted by molar-refractivity contribution is 6.30. The van der Waals surface area contributed by atoms with Gasteiger partial charge in [0.25, 0.3) is 5.56 Å². The number of pyridine rings is 1. The van der Waals surface area contributed by atoms with Crippen LogP contribution in [-0.4, -0.2) is 11.8 Å². The van der Waals surface area contributed by atoms with E-state index < -0.39 is 0 Å². The first-order chi connectivity index (χ1) is 11.7. The van der Waals surface area contributed by atoms with E-state index in [0.29, 0.717) is 35.2 Å². The van der Waals surface area contributed by atoms with Crippen LogP contribution in [-0.2, 0) is 13.1 Å². The Balaban J connectivity index is 1.53. The molecule has 0 aliphatic carbocycles. The van der Waals surface area contributed by atoms with Crippen molar-refractivity contribution in [3.8, 4) is 11.5 Å². The third kappa shape index (κ3) is 2.96. The van der Waals surface area contributed by atoms with Crippen LogP contribution in [0.5, 0.6) is 11.5 Å². The summed E-state index contributed by atoms with van der Waals surface area (Å²) in [5, 5.41) is 4.91. The lowest BCUT2D eigenvalue weighted by Crippen LogP contribution is -2.20. The van der Waals surface area contributed by atoms with Gasteiger partial charge in [-0.2, -0.15) is 0 Å². The maximum atomic E-state index is 12.2. The van der Waals surface area contributed by atoms with Gasteiger partial charge in [-0.1, -0.05) is 23.7 Å². The first-order valence-electron chi connectivity index (χ1n) is 7.60. The molecule has 0 atom stereocenters. The summed E-state index contributed by atoms with van der Waals surface area (Å²) in [6.07, 6.45) is 0. The van der Waals surface area contributed by atoms with Crippen molar-refractivity contribution in [3.05, 3.63) is 69.0 Å². The van der Waals surface area contributed by atoms with Crippen LogP contribution >= 0.6 is 11.6 Å². The van der Waals surface area contributed by atoms with Crippen LogP contribution in [0.1, 0.15) is 11.1 Å². The molecular weight excluding hydrogens is 328 g/mol. The Kier molecular flexibility index (Phi) is 3.88. The van der Waals surface area contributed by atoms with Gasteiger partial charge in [-0.05, 0) is 29.8 Å². The fraction of sp³-hybridized carbons (Fsp3) is 0.167. The second-order valence-corrected chi connectivity index (χ2v) is 6.08. The zero-order valence-corrected chi connectivity index (χ0v) is 13.5. The van der Waals surface area contributed by atoms with Crippen molar-refractivity contribution >= 4 is 22.5 Å². The number of rotatable bonds is 4. The topological polar surface area (TPSA) is 63.4 Å². The molecule has 0 fully saturated rings. The number of nitrogens with one attached hydrogen (secondary N) is 2.